The van der Waals surface area contributed by atoms with E-state index < -0.39 is 0 Å². The van der Waals surface area contributed by atoms with Gasteiger partial charge in [0.25, 0.3) is 0 Å². The van der Waals surface area contributed by atoms with Gasteiger partial charge < -0.3 is 10.2 Å². The first kappa shape index (κ1) is 14.9. The number of rotatable bonds is 7. The normalized spacial score (nSPS) is 18.3. The molecule has 19 heavy (non-hydrogen) atoms. The van der Waals surface area contributed by atoms with Crippen LogP contribution in [0.2, 0.25) is 0 Å². The monoisotopic (exact) mass is 278 g/mol. The minimum absolute atomic E-state index is 0.653. The van der Waals surface area contributed by atoms with Crippen molar-refractivity contribution in [2.24, 2.45) is 0 Å². The molecule has 0 saturated heterocycles. The van der Waals surface area contributed by atoms with E-state index in [0.717, 1.165) is 18.3 Å². The fraction of sp³-hybridized carbons (Fsp3) is 0.625. The van der Waals surface area contributed by atoms with Crippen LogP contribution in [0.1, 0.15) is 25.8 Å². The Morgan fingerprint density at radius 1 is 1.37 bits per heavy atom. The predicted octanol–water partition coefficient (Wildman–Crippen LogP) is 3.02. The molecule has 2 nitrogen and oxygen atoms in total. The van der Waals surface area contributed by atoms with Gasteiger partial charge in [0.15, 0.2) is 0 Å². The van der Waals surface area contributed by atoms with E-state index in [1.807, 2.05) is 11.8 Å². The van der Waals surface area contributed by atoms with Gasteiger partial charge in [0, 0.05) is 22.7 Å². The van der Waals surface area contributed by atoms with E-state index in [0.29, 0.717) is 6.04 Å². The number of hydrogen-bond acceptors (Lipinski definition) is 3. The van der Waals surface area contributed by atoms with E-state index in [-0.39, 0.29) is 0 Å². The molecule has 0 saturated carbocycles. The van der Waals surface area contributed by atoms with Gasteiger partial charge in [-0.2, -0.15) is 0 Å². The van der Waals surface area contributed by atoms with Crippen LogP contribution >= 0.6 is 11.8 Å². The van der Waals surface area contributed by atoms with Crippen LogP contribution in [0.15, 0.2) is 29.2 Å². The molecule has 1 aliphatic rings. The van der Waals surface area contributed by atoms with Crippen LogP contribution in [0.5, 0.6) is 0 Å². The Morgan fingerprint density at radius 2 is 2.16 bits per heavy atom. The molecule has 0 spiro atoms. The average molecular weight is 278 g/mol. The van der Waals surface area contributed by atoms with Crippen LogP contribution in [0, 0.1) is 0 Å². The molecule has 2 rings (SSSR count). The molecule has 1 heterocycles. The Kier molecular flexibility index (Phi) is 5.74. The summed E-state index contributed by atoms with van der Waals surface area (Å²) >= 11 is 2.03. The highest BCUT2D eigenvalue weighted by Gasteiger charge is 2.20. The van der Waals surface area contributed by atoms with Crippen molar-refractivity contribution in [2.75, 3.05) is 26.7 Å². The van der Waals surface area contributed by atoms with Crippen LogP contribution in [-0.2, 0) is 6.42 Å². The number of nitrogens with one attached hydrogen (secondary N) is 1. The van der Waals surface area contributed by atoms with E-state index in [9.17, 15) is 0 Å². The Morgan fingerprint density at radius 3 is 2.89 bits per heavy atom. The third-order valence-electron chi connectivity index (χ3n) is 3.83. The molecule has 1 atom stereocenters. The molecule has 3 heteroatoms. The summed E-state index contributed by atoms with van der Waals surface area (Å²) in [7, 11) is 2.20. The zero-order valence-electron chi connectivity index (χ0n) is 12.4. The maximum absolute atomic E-state index is 3.61. The number of hydrogen-bond donors (Lipinski definition) is 1. The van der Waals surface area contributed by atoms with E-state index in [1.54, 1.807) is 0 Å². The van der Waals surface area contributed by atoms with Gasteiger partial charge in [0.05, 0.1) is 0 Å². The molecule has 0 radical (unpaired) electrons. The van der Waals surface area contributed by atoms with E-state index in [1.165, 1.54) is 29.8 Å². The smallest absolute Gasteiger partial charge is 0.0260 e. The quantitative estimate of drug-likeness (QED) is 0.772. The molecule has 0 aliphatic carbocycles. The second kappa shape index (κ2) is 7.32. The largest absolute Gasteiger partial charge is 0.316 e. The van der Waals surface area contributed by atoms with Gasteiger partial charge in [0.1, 0.15) is 0 Å². The van der Waals surface area contributed by atoms with Crippen molar-refractivity contribution < 1.29 is 0 Å². The minimum Gasteiger partial charge on any atom is -0.316 e. The van der Waals surface area contributed by atoms with E-state index >= 15 is 0 Å². The van der Waals surface area contributed by atoms with Crippen molar-refractivity contribution in [2.45, 2.75) is 42.9 Å². The second-order valence-corrected chi connectivity index (χ2v) is 7.03. The summed E-state index contributed by atoms with van der Waals surface area (Å²) in [6, 6.07) is 9.46. The molecule has 106 valence electrons. The van der Waals surface area contributed by atoms with Gasteiger partial charge in [-0.05, 0) is 58.5 Å². The summed E-state index contributed by atoms with van der Waals surface area (Å²) in [5.74, 6) is 0. The first-order valence-electron chi connectivity index (χ1n) is 7.32. The van der Waals surface area contributed by atoms with Gasteiger partial charge in [-0.15, -0.1) is 11.8 Å². The highest BCUT2D eigenvalue weighted by Crippen LogP contribution is 2.36. The van der Waals surface area contributed by atoms with Gasteiger partial charge in [-0.25, -0.2) is 0 Å². The topological polar surface area (TPSA) is 15.3 Å². The van der Waals surface area contributed by atoms with Crippen molar-refractivity contribution in [3.63, 3.8) is 0 Å². The summed E-state index contributed by atoms with van der Waals surface area (Å²) in [4.78, 5) is 3.89. The standard InChI is InChI=1S/C16H26N2S/c1-13(2)18(3)10-6-9-17-12-15-11-14-7-4-5-8-16(14)19-15/h4-5,7-8,13,15,17H,6,9-12H2,1-3H3. The van der Waals surface area contributed by atoms with Gasteiger partial charge in [0.2, 0.25) is 0 Å². The highest BCUT2D eigenvalue weighted by atomic mass is 32.2. The van der Waals surface area contributed by atoms with E-state index in [4.69, 9.17) is 0 Å². The van der Waals surface area contributed by atoms with Crippen molar-refractivity contribution in [1.29, 1.82) is 0 Å². The van der Waals surface area contributed by atoms with Crippen LogP contribution in [0.25, 0.3) is 0 Å². The van der Waals surface area contributed by atoms with Crippen molar-refractivity contribution >= 4 is 11.8 Å². The SMILES string of the molecule is CC(C)N(C)CCCNCC1Cc2ccccc2S1. The van der Waals surface area contributed by atoms with Crippen LogP contribution in [-0.4, -0.2) is 42.9 Å². The van der Waals surface area contributed by atoms with E-state index in [2.05, 4.69) is 55.4 Å². The summed E-state index contributed by atoms with van der Waals surface area (Å²) in [6.07, 6.45) is 2.46. The zero-order valence-corrected chi connectivity index (χ0v) is 13.2. The molecule has 0 aromatic heterocycles. The average Bonchev–Trinajstić information content (AvgIpc) is 2.80. The number of fused-ring (bicyclic) bond motifs is 1. The Hall–Kier alpha value is -0.510. The fourth-order valence-corrected chi connectivity index (χ4v) is 3.63. The minimum atomic E-state index is 0.653. The van der Waals surface area contributed by atoms with Crippen LogP contribution < -0.4 is 5.32 Å². The van der Waals surface area contributed by atoms with Crippen molar-refractivity contribution in [3.8, 4) is 0 Å². The zero-order chi connectivity index (χ0) is 13.7. The lowest BCUT2D eigenvalue weighted by molar-refractivity contribution is 0.269. The molecule has 1 unspecified atom stereocenters. The molecular weight excluding hydrogens is 252 g/mol. The Labute approximate surface area is 122 Å². The van der Waals surface area contributed by atoms with Crippen molar-refractivity contribution in [1.82, 2.24) is 10.2 Å². The lowest BCUT2D eigenvalue weighted by Gasteiger charge is -2.21. The lowest BCUT2D eigenvalue weighted by Crippen LogP contribution is -2.31. The third kappa shape index (κ3) is 4.51. The lowest BCUT2D eigenvalue weighted by atomic mass is 10.1. The molecule has 0 amide bonds. The Bertz CT molecular complexity index is 367. The first-order chi connectivity index (χ1) is 9.16. The summed E-state index contributed by atoms with van der Waals surface area (Å²) < 4.78 is 0. The maximum Gasteiger partial charge on any atom is 0.0260 e. The van der Waals surface area contributed by atoms with Gasteiger partial charge >= 0.3 is 0 Å². The molecule has 1 N–H and O–H groups in total. The summed E-state index contributed by atoms with van der Waals surface area (Å²) in [5, 5.41) is 4.33. The second-order valence-electron chi connectivity index (χ2n) is 5.68. The molecular formula is C16H26N2S. The third-order valence-corrected chi connectivity index (χ3v) is 5.15. The summed E-state index contributed by atoms with van der Waals surface area (Å²) in [5.41, 5.74) is 1.53. The van der Waals surface area contributed by atoms with Gasteiger partial charge in [-0.1, -0.05) is 18.2 Å². The van der Waals surface area contributed by atoms with Crippen LogP contribution in [0.4, 0.5) is 0 Å². The predicted molar refractivity (Wildman–Crippen MR) is 85.0 cm³/mol. The fourth-order valence-electron chi connectivity index (χ4n) is 2.34. The highest BCUT2D eigenvalue weighted by molar-refractivity contribution is 8.00. The number of benzene rings is 1. The molecule has 1 aromatic rings. The molecule has 1 aromatic carbocycles. The summed E-state index contributed by atoms with van der Waals surface area (Å²) in [6.45, 7) is 7.94. The number of nitrogens with zero attached hydrogens (tertiary/aromatic N) is 1. The van der Waals surface area contributed by atoms with Crippen molar-refractivity contribution in [3.05, 3.63) is 29.8 Å². The molecule has 1 aliphatic heterocycles. The van der Waals surface area contributed by atoms with Crippen LogP contribution in [0.3, 0.4) is 0 Å². The van der Waals surface area contributed by atoms with Gasteiger partial charge in [-0.3, -0.25) is 0 Å². The maximum atomic E-state index is 3.61. The number of thioether (sulfide) groups is 1. The Balaban J connectivity index is 1.59. The first-order valence-corrected chi connectivity index (χ1v) is 8.20. The molecule has 0 bridgehead atoms. The molecule has 0 fully saturated rings.